The van der Waals surface area contributed by atoms with E-state index in [0.29, 0.717) is 11.4 Å². The molecule has 0 aliphatic heterocycles. The highest BCUT2D eigenvalue weighted by atomic mass is 32.2. The second-order valence-corrected chi connectivity index (χ2v) is 22.0. The zero-order valence-electron chi connectivity index (χ0n) is 40.6. The fraction of sp³-hybridized carbons (Fsp3) is 0.273. The minimum Gasteiger partial charge on any atom is -0.508 e. The number of hydrogen-bond donors (Lipinski definition) is 12. The molecule has 6 aromatic rings. The van der Waals surface area contributed by atoms with Gasteiger partial charge in [0.2, 0.25) is 35.7 Å². The van der Waals surface area contributed by atoms with Crippen molar-refractivity contribution in [2.75, 3.05) is 108 Å². The summed E-state index contributed by atoms with van der Waals surface area (Å²) in [6.07, 6.45) is 2.25. The maximum absolute atomic E-state index is 12.9. The molecule has 0 amide bonds. The highest BCUT2D eigenvalue weighted by Gasteiger charge is 2.22. The SMILES string of the molecule is O=S(=O)(O)CCNc1nc(Nc2ccc(/C=C/c3ccc(Nc4nc(NCCS(=O)(=O)O)nc(N(CCOCCO)c5ccc(O)cc5)n4)cc3S(=O)(=O)O)c(S(=O)(=O)O)c2)nc(N(CCOCCO)c2ccc(O)cc2)n1. The summed E-state index contributed by atoms with van der Waals surface area (Å²) in [5.41, 5.74) is 0.388. The largest absolute Gasteiger partial charge is 0.508 e. The molecule has 0 bridgehead atoms. The third kappa shape index (κ3) is 18.6. The number of rotatable bonds is 30. The lowest BCUT2D eigenvalue weighted by Gasteiger charge is -2.24. The molecule has 0 spiro atoms. The molecular formula is C44H52N12O18S4. The number of aliphatic hydroxyl groups excluding tert-OH is 2. The summed E-state index contributed by atoms with van der Waals surface area (Å²) in [5, 5.41) is 49.3. The van der Waals surface area contributed by atoms with Gasteiger partial charge >= 0.3 is 0 Å². The first-order chi connectivity index (χ1) is 36.9. The highest BCUT2D eigenvalue weighted by Crippen LogP contribution is 2.31. The molecule has 0 saturated carbocycles. The van der Waals surface area contributed by atoms with Crippen molar-refractivity contribution in [1.82, 2.24) is 29.9 Å². The molecule has 2 heterocycles. The Morgan fingerprint density at radius 3 is 1.17 bits per heavy atom. The van der Waals surface area contributed by atoms with Crippen molar-refractivity contribution in [1.29, 1.82) is 0 Å². The number of aliphatic hydroxyl groups is 2. The van der Waals surface area contributed by atoms with Gasteiger partial charge in [-0.05, 0) is 83.9 Å². The summed E-state index contributed by atoms with van der Waals surface area (Å²) >= 11 is 0. The van der Waals surface area contributed by atoms with Gasteiger partial charge in [0.15, 0.2) is 0 Å². The Kier molecular flexibility index (Phi) is 20.5. The summed E-state index contributed by atoms with van der Waals surface area (Å²) in [7, 11) is -19.0. The van der Waals surface area contributed by atoms with E-state index in [0.717, 1.165) is 24.3 Å². The summed E-state index contributed by atoms with van der Waals surface area (Å²) < 4.78 is 148. The van der Waals surface area contributed by atoms with Crippen molar-refractivity contribution >= 4 is 111 Å². The van der Waals surface area contributed by atoms with E-state index in [1.54, 1.807) is 0 Å². The van der Waals surface area contributed by atoms with Crippen LogP contribution in [0.5, 0.6) is 11.5 Å². The summed E-state index contributed by atoms with van der Waals surface area (Å²) in [6.45, 7) is -1.12. The number of nitrogens with zero attached hydrogens (tertiary/aromatic N) is 8. The van der Waals surface area contributed by atoms with Gasteiger partial charge in [0.1, 0.15) is 21.3 Å². The van der Waals surface area contributed by atoms with Crippen LogP contribution in [0.15, 0.2) is 94.7 Å². The molecule has 0 fully saturated rings. The lowest BCUT2D eigenvalue weighted by Crippen LogP contribution is -2.26. The Labute approximate surface area is 446 Å². The Hall–Kier alpha value is -7.48. The molecule has 2 aromatic heterocycles. The van der Waals surface area contributed by atoms with Crippen molar-refractivity contribution in [3.63, 3.8) is 0 Å². The molecule has 34 heteroatoms. The zero-order valence-corrected chi connectivity index (χ0v) is 43.9. The second-order valence-electron chi connectivity index (χ2n) is 16.0. The maximum Gasteiger partial charge on any atom is 0.295 e. The number of aromatic nitrogens is 6. The van der Waals surface area contributed by atoms with Gasteiger partial charge in [-0.2, -0.15) is 63.6 Å². The molecule has 0 radical (unpaired) electrons. The van der Waals surface area contributed by atoms with Crippen LogP contribution in [0.3, 0.4) is 0 Å². The van der Waals surface area contributed by atoms with Gasteiger partial charge in [0.25, 0.3) is 40.5 Å². The van der Waals surface area contributed by atoms with Gasteiger partial charge in [-0.15, -0.1) is 0 Å². The number of aromatic hydroxyl groups is 2. The van der Waals surface area contributed by atoms with Gasteiger partial charge in [-0.1, -0.05) is 24.3 Å². The van der Waals surface area contributed by atoms with Crippen LogP contribution in [0.25, 0.3) is 12.2 Å². The normalized spacial score (nSPS) is 12.1. The fourth-order valence-corrected chi connectivity index (χ4v) is 8.95. The molecule has 0 saturated heterocycles. The smallest absolute Gasteiger partial charge is 0.295 e. The Morgan fingerprint density at radius 1 is 0.474 bits per heavy atom. The van der Waals surface area contributed by atoms with E-state index in [2.05, 4.69) is 51.2 Å². The van der Waals surface area contributed by atoms with E-state index < -0.39 is 61.8 Å². The Morgan fingerprint density at radius 2 is 0.833 bits per heavy atom. The average Bonchev–Trinajstić information content (AvgIpc) is 3.38. The monoisotopic (exact) mass is 1160 g/mol. The minimum atomic E-state index is -5.07. The van der Waals surface area contributed by atoms with Crippen molar-refractivity contribution in [2.24, 2.45) is 0 Å². The molecule has 0 aliphatic carbocycles. The number of anilines is 10. The first kappa shape index (κ1) is 59.8. The van der Waals surface area contributed by atoms with Gasteiger partial charge in [0, 0.05) is 48.9 Å². The lowest BCUT2D eigenvalue weighted by atomic mass is 10.1. The van der Waals surface area contributed by atoms with E-state index >= 15 is 0 Å². The van der Waals surface area contributed by atoms with Crippen LogP contribution >= 0.6 is 0 Å². The summed E-state index contributed by atoms with van der Waals surface area (Å²) in [6, 6.07) is 18.7. The van der Waals surface area contributed by atoms with Crippen molar-refractivity contribution in [2.45, 2.75) is 9.79 Å². The van der Waals surface area contributed by atoms with E-state index in [-0.39, 0.29) is 136 Å². The van der Waals surface area contributed by atoms with Crippen LogP contribution in [-0.2, 0) is 49.9 Å². The predicted octanol–water partition coefficient (Wildman–Crippen LogP) is 2.51. The Balaban J connectivity index is 1.33. The van der Waals surface area contributed by atoms with Crippen LogP contribution in [-0.4, -0.2) is 180 Å². The number of phenols is 2. The number of phenolic OH excluding ortho intramolecular Hbond substituents is 2. The molecule has 30 nitrogen and oxygen atoms in total. The summed E-state index contributed by atoms with van der Waals surface area (Å²) in [4.78, 5) is 27.7. The van der Waals surface area contributed by atoms with Crippen LogP contribution in [0, 0.1) is 0 Å². The quantitative estimate of drug-likeness (QED) is 0.0175. The van der Waals surface area contributed by atoms with Gasteiger partial charge in [0.05, 0.1) is 51.1 Å². The maximum atomic E-state index is 12.9. The zero-order chi connectivity index (χ0) is 56.7. The fourth-order valence-electron chi connectivity index (χ4n) is 6.81. The topological polar surface area (TPSA) is 449 Å². The number of nitrogens with one attached hydrogen (secondary N) is 4. The van der Waals surface area contributed by atoms with E-state index in [1.807, 2.05) is 0 Å². The standard InChI is InChI=1S/C44H52N12O18S4/c57-19-23-73-21-17-55(33-7-11-35(59)12-8-33)43-51-39(45-15-25-75(61,62)63)49-41(53-43)47-31-5-3-29(37(27-31)77(67,68)69)1-2-30-4-6-32(28-38(30)78(70,71)72)48-42-50-40(46-16-26-76(64,65)66)52-44(54-42)56(18-22-74-24-20-58)34-9-13-36(60)14-10-34/h1-14,27-28,57-60H,15-26H2,(H,61,62,63)(H,64,65,66)(H,67,68,69)(H,70,71,72)(H2,45,47,49,51,53)(H2,46,48,50,52,54)/b2-1+. The first-order valence-corrected chi connectivity index (χ1v) is 28.8. The molecule has 0 atom stereocenters. The molecule has 420 valence electrons. The molecule has 0 unspecified atom stereocenters. The van der Waals surface area contributed by atoms with E-state index in [1.165, 1.54) is 82.6 Å². The third-order valence-corrected chi connectivity index (χ3v) is 13.5. The molecule has 78 heavy (non-hydrogen) atoms. The lowest BCUT2D eigenvalue weighted by molar-refractivity contribution is 0.0974. The van der Waals surface area contributed by atoms with Crippen LogP contribution in [0.4, 0.5) is 58.4 Å². The molecule has 6 rings (SSSR count). The van der Waals surface area contributed by atoms with Crippen LogP contribution in [0.2, 0.25) is 0 Å². The molecule has 12 N–H and O–H groups in total. The third-order valence-electron chi connectivity index (χ3n) is 10.3. The predicted molar refractivity (Wildman–Crippen MR) is 284 cm³/mol. The molecular weight excluding hydrogens is 1110 g/mol. The highest BCUT2D eigenvalue weighted by molar-refractivity contribution is 7.86. The minimum absolute atomic E-state index is 0.00356. The average molecular weight is 1170 g/mol. The number of ether oxygens (including phenoxy) is 2. The molecule has 0 aliphatic rings. The Bertz CT molecular complexity index is 3280. The first-order valence-electron chi connectivity index (χ1n) is 22.7. The van der Waals surface area contributed by atoms with Gasteiger partial charge < -0.3 is 61.0 Å². The number of benzene rings is 4. The molecule has 4 aromatic carbocycles. The van der Waals surface area contributed by atoms with Gasteiger partial charge in [-0.3, -0.25) is 18.2 Å². The van der Waals surface area contributed by atoms with Crippen molar-refractivity contribution in [3.8, 4) is 11.5 Å². The van der Waals surface area contributed by atoms with Crippen LogP contribution in [0.1, 0.15) is 11.1 Å². The summed E-state index contributed by atoms with van der Waals surface area (Å²) in [5.74, 6) is -2.76. The van der Waals surface area contributed by atoms with Crippen molar-refractivity contribution in [3.05, 3.63) is 96.1 Å². The van der Waals surface area contributed by atoms with Gasteiger partial charge in [-0.25, -0.2) is 0 Å². The van der Waals surface area contributed by atoms with Crippen molar-refractivity contribution < 1.29 is 81.8 Å². The van der Waals surface area contributed by atoms with Crippen LogP contribution < -0.4 is 31.1 Å². The van der Waals surface area contributed by atoms with E-state index in [4.69, 9.17) is 9.47 Å². The number of hydrogen-bond acceptors (Lipinski definition) is 26. The van der Waals surface area contributed by atoms with E-state index in [9.17, 15) is 72.3 Å². The second kappa shape index (κ2) is 26.7.